The lowest BCUT2D eigenvalue weighted by atomic mass is 9.94. The van der Waals surface area contributed by atoms with Gasteiger partial charge < -0.3 is 15.2 Å². The largest absolute Gasteiger partial charge is 0.493 e. The Kier molecular flexibility index (Phi) is 5.59. The molecule has 1 amide bonds. The number of methoxy groups -OCH3 is 1. The highest BCUT2D eigenvalue weighted by Crippen LogP contribution is 2.39. The Morgan fingerprint density at radius 2 is 1.88 bits per heavy atom. The van der Waals surface area contributed by atoms with Crippen molar-refractivity contribution in [2.45, 2.75) is 32.3 Å². The first-order valence-corrected chi connectivity index (χ1v) is 8.80. The van der Waals surface area contributed by atoms with Crippen molar-refractivity contribution in [1.29, 1.82) is 0 Å². The van der Waals surface area contributed by atoms with Crippen molar-refractivity contribution >= 4 is 5.91 Å². The zero-order valence-corrected chi connectivity index (χ0v) is 14.6. The van der Waals surface area contributed by atoms with Crippen LogP contribution in [0.1, 0.15) is 30.4 Å². The standard InChI is InChI=1S/C21H25NO3/c1-24-20-13-15(7-11-18(21(22)23)17-9-10-17)8-12-19(20)25-14-16-5-3-2-4-6-16/h2-6,8,12-13,17-18H,7,9-11,14H2,1H3,(H2,22,23). The lowest BCUT2D eigenvalue weighted by molar-refractivity contribution is -0.122. The van der Waals surface area contributed by atoms with E-state index in [2.05, 4.69) is 0 Å². The summed E-state index contributed by atoms with van der Waals surface area (Å²) in [4.78, 5) is 11.6. The Bertz CT molecular complexity index is 710. The molecule has 1 aliphatic carbocycles. The second kappa shape index (κ2) is 8.06. The number of hydrogen-bond donors (Lipinski definition) is 1. The average Bonchev–Trinajstić information content (AvgIpc) is 3.46. The van der Waals surface area contributed by atoms with Gasteiger partial charge in [0.25, 0.3) is 0 Å². The average molecular weight is 339 g/mol. The summed E-state index contributed by atoms with van der Waals surface area (Å²) in [5.74, 6) is 1.77. The predicted octanol–water partition coefficient (Wildman–Crippen LogP) is 3.72. The van der Waals surface area contributed by atoms with Gasteiger partial charge in [-0.2, -0.15) is 0 Å². The number of rotatable bonds is 9. The molecule has 2 aromatic carbocycles. The van der Waals surface area contributed by atoms with E-state index in [9.17, 15) is 4.79 Å². The van der Waals surface area contributed by atoms with Crippen LogP contribution in [0, 0.1) is 11.8 Å². The molecule has 0 heterocycles. The molecular weight excluding hydrogens is 314 g/mol. The highest BCUT2D eigenvalue weighted by atomic mass is 16.5. The monoisotopic (exact) mass is 339 g/mol. The van der Waals surface area contributed by atoms with Crippen molar-refractivity contribution in [3.8, 4) is 11.5 Å². The number of benzene rings is 2. The molecular formula is C21H25NO3. The zero-order valence-electron chi connectivity index (χ0n) is 14.6. The zero-order chi connectivity index (χ0) is 17.6. The Morgan fingerprint density at radius 3 is 2.52 bits per heavy atom. The number of amides is 1. The Hall–Kier alpha value is -2.49. The van der Waals surface area contributed by atoms with E-state index in [1.165, 1.54) is 0 Å². The fourth-order valence-electron chi connectivity index (χ4n) is 3.15. The maximum Gasteiger partial charge on any atom is 0.220 e. The molecule has 0 radical (unpaired) electrons. The smallest absolute Gasteiger partial charge is 0.220 e. The molecule has 0 saturated heterocycles. The SMILES string of the molecule is COc1cc(CCC(C(N)=O)C2CC2)ccc1OCc1ccccc1. The minimum Gasteiger partial charge on any atom is -0.493 e. The molecule has 0 bridgehead atoms. The van der Waals surface area contributed by atoms with Crippen LogP contribution in [0.5, 0.6) is 11.5 Å². The molecule has 1 saturated carbocycles. The molecule has 132 valence electrons. The summed E-state index contributed by atoms with van der Waals surface area (Å²) >= 11 is 0. The Labute approximate surface area is 148 Å². The second-order valence-electron chi connectivity index (χ2n) is 6.64. The number of aryl methyl sites for hydroxylation is 1. The van der Waals surface area contributed by atoms with Crippen LogP contribution in [0.4, 0.5) is 0 Å². The molecule has 4 heteroatoms. The van der Waals surface area contributed by atoms with Gasteiger partial charge in [0.15, 0.2) is 11.5 Å². The maximum absolute atomic E-state index is 11.6. The van der Waals surface area contributed by atoms with Gasteiger partial charge in [-0.1, -0.05) is 36.4 Å². The molecule has 25 heavy (non-hydrogen) atoms. The molecule has 1 aliphatic rings. The van der Waals surface area contributed by atoms with E-state index in [0.29, 0.717) is 12.5 Å². The third-order valence-electron chi connectivity index (χ3n) is 4.77. The quantitative estimate of drug-likeness (QED) is 0.757. The number of ether oxygens (including phenoxy) is 2. The minimum absolute atomic E-state index is 0.00000190. The van der Waals surface area contributed by atoms with Crippen molar-refractivity contribution in [1.82, 2.24) is 0 Å². The van der Waals surface area contributed by atoms with E-state index >= 15 is 0 Å². The van der Waals surface area contributed by atoms with Crippen molar-refractivity contribution in [3.05, 3.63) is 59.7 Å². The first-order chi connectivity index (χ1) is 12.2. The normalized spacial score (nSPS) is 14.8. The molecule has 1 fully saturated rings. The lowest BCUT2D eigenvalue weighted by Crippen LogP contribution is -2.25. The van der Waals surface area contributed by atoms with Crippen LogP contribution >= 0.6 is 0 Å². The molecule has 4 nitrogen and oxygen atoms in total. The molecule has 0 spiro atoms. The third kappa shape index (κ3) is 4.75. The van der Waals surface area contributed by atoms with Gasteiger partial charge in [-0.05, 0) is 54.9 Å². The van der Waals surface area contributed by atoms with E-state index < -0.39 is 0 Å². The van der Waals surface area contributed by atoms with E-state index in [1.54, 1.807) is 7.11 Å². The summed E-state index contributed by atoms with van der Waals surface area (Å²) in [6.45, 7) is 0.502. The van der Waals surface area contributed by atoms with Crippen LogP contribution in [0.25, 0.3) is 0 Å². The molecule has 2 N–H and O–H groups in total. The molecule has 1 atom stereocenters. The molecule has 3 rings (SSSR count). The molecule has 1 unspecified atom stereocenters. The summed E-state index contributed by atoms with van der Waals surface area (Å²) < 4.78 is 11.4. The van der Waals surface area contributed by atoms with E-state index in [-0.39, 0.29) is 11.8 Å². The van der Waals surface area contributed by atoms with E-state index in [0.717, 1.165) is 48.3 Å². The molecule has 0 aromatic heterocycles. The van der Waals surface area contributed by atoms with E-state index in [1.807, 2.05) is 48.5 Å². The van der Waals surface area contributed by atoms with Crippen LogP contribution in [-0.2, 0) is 17.8 Å². The van der Waals surface area contributed by atoms with Crippen molar-refractivity contribution in [3.63, 3.8) is 0 Å². The van der Waals surface area contributed by atoms with Crippen LogP contribution in [0.3, 0.4) is 0 Å². The van der Waals surface area contributed by atoms with Gasteiger partial charge in [0, 0.05) is 5.92 Å². The number of carbonyl (C=O) groups is 1. The van der Waals surface area contributed by atoms with Crippen molar-refractivity contribution in [2.75, 3.05) is 7.11 Å². The minimum atomic E-state index is -0.169. The van der Waals surface area contributed by atoms with Gasteiger partial charge in [0.2, 0.25) is 5.91 Å². The third-order valence-corrected chi connectivity index (χ3v) is 4.77. The summed E-state index contributed by atoms with van der Waals surface area (Å²) in [7, 11) is 1.64. The lowest BCUT2D eigenvalue weighted by Gasteiger charge is -2.14. The first kappa shape index (κ1) is 17.3. The summed E-state index contributed by atoms with van der Waals surface area (Å²) in [5.41, 5.74) is 7.78. The number of carbonyl (C=O) groups excluding carboxylic acids is 1. The van der Waals surface area contributed by atoms with Gasteiger partial charge in [0.1, 0.15) is 6.61 Å². The number of primary amides is 1. The maximum atomic E-state index is 11.6. The summed E-state index contributed by atoms with van der Waals surface area (Å²) in [6, 6.07) is 16.0. The fraction of sp³-hybridized carbons (Fsp3) is 0.381. The summed E-state index contributed by atoms with van der Waals surface area (Å²) in [6.07, 6.45) is 3.87. The van der Waals surface area contributed by atoms with Crippen LogP contribution in [-0.4, -0.2) is 13.0 Å². The highest BCUT2D eigenvalue weighted by molar-refractivity contribution is 5.77. The van der Waals surface area contributed by atoms with Crippen LogP contribution in [0.15, 0.2) is 48.5 Å². The second-order valence-corrected chi connectivity index (χ2v) is 6.64. The molecule has 0 aliphatic heterocycles. The van der Waals surface area contributed by atoms with Gasteiger partial charge in [-0.15, -0.1) is 0 Å². The Balaban J connectivity index is 1.61. The Morgan fingerprint density at radius 1 is 1.12 bits per heavy atom. The van der Waals surface area contributed by atoms with Crippen LogP contribution < -0.4 is 15.2 Å². The van der Waals surface area contributed by atoms with Crippen molar-refractivity contribution in [2.24, 2.45) is 17.6 Å². The van der Waals surface area contributed by atoms with E-state index in [4.69, 9.17) is 15.2 Å². The molecule has 2 aromatic rings. The number of nitrogens with two attached hydrogens (primary N) is 1. The van der Waals surface area contributed by atoms with Gasteiger partial charge >= 0.3 is 0 Å². The fourth-order valence-corrected chi connectivity index (χ4v) is 3.15. The first-order valence-electron chi connectivity index (χ1n) is 8.80. The highest BCUT2D eigenvalue weighted by Gasteiger charge is 2.34. The topological polar surface area (TPSA) is 61.5 Å². The van der Waals surface area contributed by atoms with Gasteiger partial charge in [0.05, 0.1) is 7.11 Å². The van der Waals surface area contributed by atoms with Gasteiger partial charge in [-0.25, -0.2) is 0 Å². The number of hydrogen-bond acceptors (Lipinski definition) is 3. The van der Waals surface area contributed by atoms with Crippen LogP contribution in [0.2, 0.25) is 0 Å². The van der Waals surface area contributed by atoms with Gasteiger partial charge in [-0.3, -0.25) is 4.79 Å². The summed E-state index contributed by atoms with van der Waals surface area (Å²) in [5, 5.41) is 0. The predicted molar refractivity (Wildman–Crippen MR) is 97.5 cm³/mol. The van der Waals surface area contributed by atoms with Crippen molar-refractivity contribution < 1.29 is 14.3 Å².